The van der Waals surface area contributed by atoms with E-state index >= 15 is 0 Å². The number of nitrogens with zero attached hydrogens (tertiary/aromatic N) is 1. The molecular weight excluding hydrogens is 356 g/mol. The number of halogens is 3. The van der Waals surface area contributed by atoms with Crippen LogP contribution in [0.5, 0.6) is 5.75 Å². The van der Waals surface area contributed by atoms with Crippen LogP contribution in [0.1, 0.15) is 16.7 Å². The van der Waals surface area contributed by atoms with Crippen LogP contribution in [-0.4, -0.2) is 13.9 Å². The van der Waals surface area contributed by atoms with Crippen molar-refractivity contribution >= 4 is 23.2 Å². The van der Waals surface area contributed by atoms with Crippen LogP contribution in [0.3, 0.4) is 0 Å². The number of benzene rings is 2. The zero-order valence-corrected chi connectivity index (χ0v) is 14.3. The second-order valence-electron chi connectivity index (χ2n) is 4.80. The zero-order chi connectivity index (χ0) is 17.5. The summed E-state index contributed by atoms with van der Waals surface area (Å²) in [5, 5.41) is 9.79. The van der Waals surface area contributed by atoms with Crippen LogP contribution in [0.2, 0.25) is 10.0 Å². The van der Waals surface area contributed by atoms with E-state index in [1.807, 2.05) is 0 Å². The van der Waals surface area contributed by atoms with Crippen LogP contribution in [-0.2, 0) is 22.7 Å². The first-order chi connectivity index (χ1) is 11.6. The Labute approximate surface area is 149 Å². The zero-order valence-electron chi connectivity index (χ0n) is 12.8. The molecule has 0 fully saturated rings. The molecule has 4 nitrogen and oxygen atoms in total. The Bertz CT molecular complexity index is 762. The Morgan fingerprint density at radius 2 is 1.79 bits per heavy atom. The van der Waals surface area contributed by atoms with E-state index in [1.165, 1.54) is 25.3 Å². The maximum absolute atomic E-state index is 13.6. The molecule has 0 bridgehead atoms. The quantitative estimate of drug-likeness (QED) is 0.524. The van der Waals surface area contributed by atoms with Crippen molar-refractivity contribution in [3.8, 4) is 11.8 Å². The summed E-state index contributed by atoms with van der Waals surface area (Å²) in [6.07, 6.45) is 0. The highest BCUT2D eigenvalue weighted by molar-refractivity contribution is 6.42. The molecule has 7 heteroatoms. The Hall–Kier alpha value is -1.84. The molecule has 0 amide bonds. The van der Waals surface area contributed by atoms with Crippen molar-refractivity contribution in [1.29, 1.82) is 5.26 Å². The topological polar surface area (TPSA) is 51.5 Å². The van der Waals surface area contributed by atoms with Crippen molar-refractivity contribution in [1.82, 2.24) is 0 Å². The van der Waals surface area contributed by atoms with Gasteiger partial charge in [-0.3, -0.25) is 0 Å². The van der Waals surface area contributed by atoms with Gasteiger partial charge in [-0.2, -0.15) is 5.26 Å². The van der Waals surface area contributed by atoms with E-state index in [0.29, 0.717) is 15.6 Å². The van der Waals surface area contributed by atoms with Gasteiger partial charge in [-0.15, -0.1) is 0 Å². The summed E-state index contributed by atoms with van der Waals surface area (Å²) in [5.41, 5.74) is 1.33. The molecule has 0 heterocycles. The van der Waals surface area contributed by atoms with Crippen LogP contribution in [0.4, 0.5) is 4.39 Å². The third-order valence-corrected chi connectivity index (χ3v) is 3.89. The van der Waals surface area contributed by atoms with Crippen molar-refractivity contribution in [2.75, 3.05) is 13.9 Å². The smallest absolute Gasteiger partial charge is 0.146 e. The Morgan fingerprint density at radius 3 is 2.42 bits per heavy atom. The highest BCUT2D eigenvalue weighted by atomic mass is 35.5. The summed E-state index contributed by atoms with van der Waals surface area (Å²) < 4.78 is 29.4. The van der Waals surface area contributed by atoms with Gasteiger partial charge in [0.25, 0.3) is 0 Å². The van der Waals surface area contributed by atoms with Crippen molar-refractivity contribution in [2.24, 2.45) is 0 Å². The Balaban J connectivity index is 2.21. The first-order valence-electron chi connectivity index (χ1n) is 6.91. The van der Waals surface area contributed by atoms with E-state index < -0.39 is 5.82 Å². The molecule has 0 radical (unpaired) electrons. The van der Waals surface area contributed by atoms with Gasteiger partial charge < -0.3 is 14.2 Å². The average molecular weight is 370 g/mol. The predicted molar refractivity (Wildman–Crippen MR) is 88.6 cm³/mol. The molecule has 0 aliphatic heterocycles. The van der Waals surface area contributed by atoms with E-state index in [1.54, 1.807) is 18.2 Å². The summed E-state index contributed by atoms with van der Waals surface area (Å²) >= 11 is 12.1. The van der Waals surface area contributed by atoms with Gasteiger partial charge in [0.2, 0.25) is 0 Å². The van der Waals surface area contributed by atoms with Gasteiger partial charge >= 0.3 is 0 Å². The van der Waals surface area contributed by atoms with E-state index in [9.17, 15) is 4.39 Å². The first-order valence-corrected chi connectivity index (χ1v) is 7.67. The maximum Gasteiger partial charge on any atom is 0.146 e. The molecule has 0 N–H and O–H groups in total. The van der Waals surface area contributed by atoms with Crippen LogP contribution >= 0.6 is 23.2 Å². The highest BCUT2D eigenvalue weighted by Gasteiger charge is 2.12. The molecule has 126 valence electrons. The molecular formula is C17H14Cl2FNO3. The number of hydrogen-bond acceptors (Lipinski definition) is 4. The fourth-order valence-corrected chi connectivity index (χ4v) is 2.39. The fourth-order valence-electron chi connectivity index (χ4n) is 2.02. The minimum absolute atomic E-state index is 0.0840. The lowest BCUT2D eigenvalue weighted by molar-refractivity contribution is -0.0394. The van der Waals surface area contributed by atoms with Gasteiger partial charge in [-0.1, -0.05) is 29.3 Å². The molecule has 0 saturated carbocycles. The number of rotatable bonds is 7. The van der Waals surface area contributed by atoms with E-state index in [-0.39, 0.29) is 31.3 Å². The van der Waals surface area contributed by atoms with E-state index in [4.69, 9.17) is 42.7 Å². The molecule has 0 unspecified atom stereocenters. The SMILES string of the molecule is COCOCc1cc(Cl)c(Cl)cc1COc1cccc(F)c1C#N. The van der Waals surface area contributed by atoms with Gasteiger partial charge in [0, 0.05) is 7.11 Å². The van der Waals surface area contributed by atoms with Gasteiger partial charge in [-0.25, -0.2) is 4.39 Å². The van der Waals surface area contributed by atoms with Crippen molar-refractivity contribution in [3.05, 3.63) is 62.9 Å². The van der Waals surface area contributed by atoms with E-state index in [0.717, 1.165) is 5.56 Å². The summed E-state index contributed by atoms with van der Waals surface area (Å²) in [5.74, 6) is -0.472. The van der Waals surface area contributed by atoms with Gasteiger partial charge in [0.1, 0.15) is 36.6 Å². The normalized spacial score (nSPS) is 10.5. The molecule has 0 aliphatic carbocycles. The summed E-state index contributed by atoms with van der Waals surface area (Å²) in [4.78, 5) is 0. The third kappa shape index (κ3) is 4.59. The summed E-state index contributed by atoms with van der Waals surface area (Å²) in [7, 11) is 1.52. The lowest BCUT2D eigenvalue weighted by Gasteiger charge is -2.14. The molecule has 2 aromatic rings. The van der Waals surface area contributed by atoms with Crippen LogP contribution in [0.25, 0.3) is 0 Å². The van der Waals surface area contributed by atoms with Crippen molar-refractivity contribution in [3.63, 3.8) is 0 Å². The number of hydrogen-bond donors (Lipinski definition) is 0. The molecule has 0 saturated heterocycles. The fraction of sp³-hybridized carbons (Fsp3) is 0.235. The largest absolute Gasteiger partial charge is 0.487 e. The van der Waals surface area contributed by atoms with Gasteiger partial charge in [0.05, 0.1) is 16.7 Å². The number of nitriles is 1. The number of methoxy groups -OCH3 is 1. The maximum atomic E-state index is 13.6. The highest BCUT2D eigenvalue weighted by Crippen LogP contribution is 2.28. The van der Waals surface area contributed by atoms with Gasteiger partial charge in [-0.05, 0) is 35.4 Å². The second-order valence-corrected chi connectivity index (χ2v) is 5.62. The molecule has 0 aromatic heterocycles. The summed E-state index contributed by atoms with van der Waals surface area (Å²) in [6, 6.07) is 9.32. The standard InChI is InChI=1S/C17H14Cl2FNO3/c1-22-10-23-8-11-5-14(18)15(19)6-12(11)9-24-17-4-2-3-16(20)13(17)7-21/h2-6H,8-10H2,1H3. The average Bonchev–Trinajstić information content (AvgIpc) is 2.56. The third-order valence-electron chi connectivity index (χ3n) is 3.17. The van der Waals surface area contributed by atoms with Crippen LogP contribution < -0.4 is 4.74 Å². The molecule has 0 spiro atoms. The van der Waals surface area contributed by atoms with Crippen LogP contribution in [0.15, 0.2) is 30.3 Å². The van der Waals surface area contributed by atoms with Crippen molar-refractivity contribution < 1.29 is 18.6 Å². The molecule has 2 aromatic carbocycles. The Kier molecular flexibility index (Phi) is 6.83. The first kappa shape index (κ1) is 18.5. The number of ether oxygens (including phenoxy) is 3. The molecule has 0 aliphatic rings. The predicted octanol–water partition coefficient (Wildman–Crippen LogP) is 4.70. The lowest BCUT2D eigenvalue weighted by atomic mass is 10.1. The Morgan fingerprint density at radius 1 is 1.12 bits per heavy atom. The molecule has 0 atom stereocenters. The van der Waals surface area contributed by atoms with E-state index in [2.05, 4.69) is 0 Å². The van der Waals surface area contributed by atoms with Crippen molar-refractivity contribution in [2.45, 2.75) is 13.2 Å². The molecule has 24 heavy (non-hydrogen) atoms. The second kappa shape index (κ2) is 8.86. The molecule has 2 rings (SSSR count). The van der Waals surface area contributed by atoms with Crippen LogP contribution in [0, 0.1) is 17.1 Å². The monoisotopic (exact) mass is 369 g/mol. The van der Waals surface area contributed by atoms with Gasteiger partial charge in [0.15, 0.2) is 0 Å². The summed E-state index contributed by atoms with van der Waals surface area (Å²) in [6.45, 7) is 0.460. The lowest BCUT2D eigenvalue weighted by Crippen LogP contribution is -2.05. The minimum atomic E-state index is -0.632. The minimum Gasteiger partial charge on any atom is -0.487 e.